The lowest BCUT2D eigenvalue weighted by Gasteiger charge is -2.22. The molecule has 0 unspecified atom stereocenters. The van der Waals surface area contributed by atoms with E-state index < -0.39 is 0 Å². The van der Waals surface area contributed by atoms with Gasteiger partial charge in [-0.05, 0) is 66.8 Å². The van der Waals surface area contributed by atoms with Crippen LogP contribution in [0.5, 0.6) is 0 Å². The molecule has 1 saturated heterocycles. The summed E-state index contributed by atoms with van der Waals surface area (Å²) in [4.78, 5) is 35.2. The Morgan fingerprint density at radius 1 is 0.811 bits per heavy atom. The summed E-state index contributed by atoms with van der Waals surface area (Å²) in [6.45, 7) is 2.49. The third-order valence-electron chi connectivity index (χ3n) is 6.61. The summed E-state index contributed by atoms with van der Waals surface area (Å²) in [5.74, 6) is 0.170. The van der Waals surface area contributed by atoms with Gasteiger partial charge in [-0.25, -0.2) is 0 Å². The summed E-state index contributed by atoms with van der Waals surface area (Å²) in [6.07, 6.45) is 3.83. The molecule has 1 aliphatic heterocycles. The summed E-state index contributed by atoms with van der Waals surface area (Å²) in [6, 6.07) is 27.8. The van der Waals surface area contributed by atoms with Gasteiger partial charge in [-0.1, -0.05) is 48.5 Å². The standard InChI is InChI=1S/C30H30N4O2S/c35-28(17-12-23-7-2-1-3-8-23)33-19-6-20-34(22-21-33)30(36)25-13-15-26(16-14-25)32-37-27-11-4-9-24-10-5-18-31-29(24)27/h1-5,7-11,13-16,18,32H,6,12,17,19-22H2. The molecule has 1 fully saturated rings. The number of fused-ring (bicyclic) bond motifs is 1. The van der Waals surface area contributed by atoms with Gasteiger partial charge in [0.25, 0.3) is 5.91 Å². The van der Waals surface area contributed by atoms with Crippen LogP contribution in [0.15, 0.2) is 96.0 Å². The first-order valence-electron chi connectivity index (χ1n) is 12.6. The van der Waals surface area contributed by atoms with Crippen LogP contribution in [0.25, 0.3) is 10.9 Å². The second kappa shape index (κ2) is 11.9. The average molecular weight is 511 g/mol. The average Bonchev–Trinajstić information content (AvgIpc) is 3.22. The quantitative estimate of drug-likeness (QED) is 0.325. The Labute approximate surface area is 221 Å². The number of pyridine rings is 1. The molecular weight excluding hydrogens is 480 g/mol. The largest absolute Gasteiger partial charge is 0.341 e. The maximum atomic E-state index is 13.2. The first kappa shape index (κ1) is 24.8. The highest BCUT2D eigenvalue weighted by Crippen LogP contribution is 2.27. The smallest absolute Gasteiger partial charge is 0.253 e. The fourth-order valence-corrected chi connectivity index (χ4v) is 5.34. The van der Waals surface area contributed by atoms with Gasteiger partial charge in [-0.3, -0.25) is 14.6 Å². The molecular formula is C30H30N4O2S. The van der Waals surface area contributed by atoms with E-state index in [2.05, 4.69) is 34.0 Å². The Kier molecular flexibility index (Phi) is 8.01. The molecule has 1 aliphatic rings. The normalized spacial score (nSPS) is 13.8. The number of amides is 2. The maximum Gasteiger partial charge on any atom is 0.253 e. The fraction of sp³-hybridized carbons (Fsp3) is 0.233. The number of nitrogens with zero attached hydrogens (tertiary/aromatic N) is 3. The number of anilines is 1. The van der Waals surface area contributed by atoms with Crippen molar-refractivity contribution < 1.29 is 9.59 Å². The number of aryl methyl sites for hydroxylation is 1. The van der Waals surface area contributed by atoms with Crippen molar-refractivity contribution in [2.24, 2.45) is 0 Å². The molecule has 5 rings (SSSR count). The molecule has 0 saturated carbocycles. The van der Waals surface area contributed by atoms with Gasteiger partial charge in [0.15, 0.2) is 0 Å². The Morgan fingerprint density at radius 3 is 2.41 bits per heavy atom. The van der Waals surface area contributed by atoms with Gasteiger partial charge in [-0.15, -0.1) is 0 Å². The van der Waals surface area contributed by atoms with Crippen LogP contribution in [0, 0.1) is 0 Å². The molecule has 1 N–H and O–H groups in total. The number of para-hydroxylation sites is 1. The van der Waals surface area contributed by atoms with Crippen LogP contribution in [0.1, 0.15) is 28.8 Å². The molecule has 3 aromatic carbocycles. The molecule has 0 bridgehead atoms. The van der Waals surface area contributed by atoms with E-state index in [9.17, 15) is 9.59 Å². The van der Waals surface area contributed by atoms with Crippen molar-refractivity contribution in [1.29, 1.82) is 0 Å². The van der Waals surface area contributed by atoms with Gasteiger partial charge in [-0.2, -0.15) is 0 Å². The molecule has 4 aromatic rings. The van der Waals surface area contributed by atoms with Crippen LogP contribution in [-0.2, 0) is 11.2 Å². The molecule has 0 radical (unpaired) electrons. The predicted octanol–water partition coefficient (Wildman–Crippen LogP) is 5.66. The molecule has 1 aromatic heterocycles. The van der Waals surface area contributed by atoms with Crippen LogP contribution >= 0.6 is 11.9 Å². The van der Waals surface area contributed by atoms with Crippen molar-refractivity contribution in [2.45, 2.75) is 24.2 Å². The van der Waals surface area contributed by atoms with E-state index in [0.29, 0.717) is 38.2 Å². The molecule has 2 amide bonds. The van der Waals surface area contributed by atoms with Gasteiger partial charge < -0.3 is 14.5 Å². The molecule has 37 heavy (non-hydrogen) atoms. The topological polar surface area (TPSA) is 65.5 Å². The molecule has 188 valence electrons. The number of carbonyl (C=O) groups is 2. The second-order valence-corrected chi connectivity index (χ2v) is 9.97. The van der Waals surface area contributed by atoms with Crippen LogP contribution < -0.4 is 4.72 Å². The number of rotatable bonds is 7. The summed E-state index contributed by atoms with van der Waals surface area (Å²) < 4.78 is 3.36. The first-order valence-corrected chi connectivity index (χ1v) is 13.5. The number of carbonyl (C=O) groups excluding carboxylic acids is 2. The molecule has 7 heteroatoms. The summed E-state index contributed by atoms with van der Waals surface area (Å²) in [5, 5.41) is 1.10. The number of aromatic nitrogens is 1. The molecule has 2 heterocycles. The predicted molar refractivity (Wildman–Crippen MR) is 150 cm³/mol. The van der Waals surface area contributed by atoms with E-state index in [1.54, 1.807) is 6.20 Å². The zero-order valence-electron chi connectivity index (χ0n) is 20.7. The minimum Gasteiger partial charge on any atom is -0.341 e. The highest BCUT2D eigenvalue weighted by molar-refractivity contribution is 8.00. The van der Waals surface area contributed by atoms with E-state index >= 15 is 0 Å². The minimum absolute atomic E-state index is 0.0102. The van der Waals surface area contributed by atoms with Gasteiger partial charge >= 0.3 is 0 Å². The molecule has 0 aliphatic carbocycles. The lowest BCUT2D eigenvalue weighted by Crippen LogP contribution is -2.37. The van der Waals surface area contributed by atoms with Crippen molar-refractivity contribution in [3.8, 4) is 0 Å². The SMILES string of the molecule is O=C(CCc1ccccc1)N1CCCN(C(=O)c2ccc(NSc3cccc4cccnc34)cc2)CC1. The summed E-state index contributed by atoms with van der Waals surface area (Å²) in [7, 11) is 0. The zero-order valence-corrected chi connectivity index (χ0v) is 21.5. The number of nitrogens with one attached hydrogen (secondary N) is 1. The van der Waals surface area contributed by atoms with Crippen molar-refractivity contribution in [3.05, 3.63) is 102 Å². The maximum absolute atomic E-state index is 13.2. The van der Waals surface area contributed by atoms with Crippen molar-refractivity contribution in [1.82, 2.24) is 14.8 Å². The number of hydrogen-bond acceptors (Lipinski definition) is 5. The highest BCUT2D eigenvalue weighted by atomic mass is 32.2. The molecule has 6 nitrogen and oxygen atoms in total. The van der Waals surface area contributed by atoms with E-state index in [1.807, 2.05) is 70.5 Å². The third kappa shape index (κ3) is 6.30. The first-order chi connectivity index (χ1) is 18.2. The van der Waals surface area contributed by atoms with E-state index in [4.69, 9.17) is 0 Å². The van der Waals surface area contributed by atoms with Gasteiger partial charge in [0.2, 0.25) is 5.91 Å². The van der Waals surface area contributed by atoms with E-state index in [1.165, 1.54) is 17.5 Å². The number of hydrogen-bond donors (Lipinski definition) is 1. The van der Waals surface area contributed by atoms with E-state index in [-0.39, 0.29) is 11.8 Å². The van der Waals surface area contributed by atoms with E-state index in [0.717, 1.165) is 34.3 Å². The lowest BCUT2D eigenvalue weighted by atomic mass is 10.1. The zero-order chi connectivity index (χ0) is 25.5. The van der Waals surface area contributed by atoms with Crippen LogP contribution in [0.2, 0.25) is 0 Å². The van der Waals surface area contributed by atoms with Crippen LogP contribution in [-0.4, -0.2) is 52.8 Å². The highest BCUT2D eigenvalue weighted by Gasteiger charge is 2.22. The monoisotopic (exact) mass is 510 g/mol. The van der Waals surface area contributed by atoms with Crippen LogP contribution in [0.3, 0.4) is 0 Å². The summed E-state index contributed by atoms with van der Waals surface area (Å²) >= 11 is 1.51. The van der Waals surface area contributed by atoms with Gasteiger partial charge in [0, 0.05) is 55.4 Å². The minimum atomic E-state index is 0.0102. The second-order valence-electron chi connectivity index (χ2n) is 9.12. The summed E-state index contributed by atoms with van der Waals surface area (Å²) in [5.41, 5.74) is 3.71. The third-order valence-corrected chi connectivity index (χ3v) is 7.50. The van der Waals surface area contributed by atoms with Gasteiger partial charge in [0.1, 0.15) is 0 Å². The number of benzene rings is 3. The van der Waals surface area contributed by atoms with Crippen molar-refractivity contribution in [3.63, 3.8) is 0 Å². The van der Waals surface area contributed by atoms with Crippen molar-refractivity contribution in [2.75, 3.05) is 30.9 Å². The van der Waals surface area contributed by atoms with Gasteiger partial charge in [0.05, 0.1) is 10.4 Å². The fourth-order valence-electron chi connectivity index (χ4n) is 4.56. The lowest BCUT2D eigenvalue weighted by molar-refractivity contribution is -0.131. The Bertz CT molecular complexity index is 1360. The molecule has 0 atom stereocenters. The van der Waals surface area contributed by atoms with Crippen molar-refractivity contribution >= 4 is 40.4 Å². The Balaban J connectivity index is 1.13. The Morgan fingerprint density at radius 2 is 1.57 bits per heavy atom. The Hall–Kier alpha value is -3.84. The molecule has 0 spiro atoms. The van der Waals surface area contributed by atoms with Crippen LogP contribution in [0.4, 0.5) is 5.69 Å².